The number of sulfone groups is 2. The van der Waals surface area contributed by atoms with E-state index in [0.29, 0.717) is 59.8 Å². The first kappa shape index (κ1) is 47.0. The van der Waals surface area contributed by atoms with Gasteiger partial charge in [0.2, 0.25) is 0 Å². The molecule has 0 bridgehead atoms. The van der Waals surface area contributed by atoms with Crippen molar-refractivity contribution in [2.75, 3.05) is 39.9 Å². The Kier molecular flexibility index (Phi) is 15.4. The quantitative estimate of drug-likeness (QED) is 0.126. The van der Waals surface area contributed by atoms with Crippen LogP contribution in [0.3, 0.4) is 0 Å². The van der Waals surface area contributed by atoms with Gasteiger partial charge in [-0.05, 0) is 109 Å². The van der Waals surface area contributed by atoms with E-state index in [1.54, 1.807) is 64.8 Å². The molecule has 0 unspecified atom stereocenters. The van der Waals surface area contributed by atoms with Crippen LogP contribution in [0.2, 0.25) is 0 Å². The molecule has 4 aromatic rings. The van der Waals surface area contributed by atoms with Crippen molar-refractivity contribution in [1.29, 1.82) is 0 Å². The molecular weight excluding hydrogens is 801 g/mol. The van der Waals surface area contributed by atoms with Crippen LogP contribution in [-0.2, 0) is 19.7 Å². The highest BCUT2D eigenvalue weighted by molar-refractivity contribution is 7.91. The highest BCUT2D eigenvalue weighted by Gasteiger charge is 2.50. The maximum absolute atomic E-state index is 13.5. The highest BCUT2D eigenvalue weighted by Crippen LogP contribution is 2.51. The van der Waals surface area contributed by atoms with Crippen molar-refractivity contribution in [1.82, 2.24) is 0 Å². The number of hydrogen-bond donors (Lipinski definition) is 2. The standard InChI is InChI=1S/2C24H32O5S/c2*1-5-7-13-24(6-2)16-30(26,27)21-12-11-19(29-4)15-20(21)22(23(24)25)17-9-8-10-18(14-17)28-3/h2*8-12,14-15,22-23,25H,5-7,13,16H2,1-4H3/t22-,23-,24+;22-,23-,24-/m01/s1. The summed E-state index contributed by atoms with van der Waals surface area (Å²) >= 11 is 0. The van der Waals surface area contributed by atoms with Gasteiger partial charge in [0.1, 0.15) is 23.0 Å². The van der Waals surface area contributed by atoms with Crippen LogP contribution in [0, 0.1) is 10.8 Å². The molecule has 0 spiro atoms. The van der Waals surface area contributed by atoms with Crippen molar-refractivity contribution in [3.05, 3.63) is 107 Å². The lowest BCUT2D eigenvalue weighted by Gasteiger charge is -2.39. The molecule has 2 N–H and O–H groups in total. The number of hydrogen-bond acceptors (Lipinski definition) is 10. The van der Waals surface area contributed by atoms with E-state index in [2.05, 4.69) is 13.8 Å². The van der Waals surface area contributed by atoms with Gasteiger partial charge >= 0.3 is 0 Å². The van der Waals surface area contributed by atoms with E-state index in [9.17, 15) is 27.0 Å². The lowest BCUT2D eigenvalue weighted by Crippen LogP contribution is -2.42. The van der Waals surface area contributed by atoms with Crippen molar-refractivity contribution in [2.24, 2.45) is 10.8 Å². The van der Waals surface area contributed by atoms with E-state index in [1.165, 1.54) is 0 Å². The number of benzene rings is 4. The molecule has 2 heterocycles. The number of unbranched alkanes of at least 4 members (excludes halogenated alkanes) is 2. The predicted molar refractivity (Wildman–Crippen MR) is 236 cm³/mol. The van der Waals surface area contributed by atoms with Crippen molar-refractivity contribution >= 4 is 19.7 Å². The van der Waals surface area contributed by atoms with Crippen molar-refractivity contribution in [3.63, 3.8) is 0 Å². The number of ether oxygens (including phenoxy) is 4. The molecule has 60 heavy (non-hydrogen) atoms. The minimum absolute atomic E-state index is 0.0581. The molecule has 0 saturated carbocycles. The summed E-state index contributed by atoms with van der Waals surface area (Å²) in [6.45, 7) is 8.13. The van der Waals surface area contributed by atoms with Crippen molar-refractivity contribution in [3.8, 4) is 23.0 Å². The Labute approximate surface area is 358 Å². The van der Waals surface area contributed by atoms with Crippen LogP contribution in [0.4, 0.5) is 0 Å². The number of aliphatic hydroxyl groups excluding tert-OH is 2. The molecule has 0 aliphatic carbocycles. The number of methoxy groups -OCH3 is 4. The fourth-order valence-corrected chi connectivity index (χ4v) is 13.9. The Bertz CT molecular complexity index is 2130. The molecule has 0 aromatic heterocycles. The fourth-order valence-electron chi connectivity index (χ4n) is 9.36. The van der Waals surface area contributed by atoms with E-state index in [0.717, 1.165) is 36.8 Å². The summed E-state index contributed by atoms with van der Waals surface area (Å²) in [5.41, 5.74) is 1.39. The van der Waals surface area contributed by atoms with Crippen molar-refractivity contribution < 1.29 is 46.0 Å². The zero-order valence-electron chi connectivity index (χ0n) is 36.4. The van der Waals surface area contributed by atoms with E-state index >= 15 is 0 Å². The van der Waals surface area contributed by atoms with Gasteiger partial charge in [0, 0.05) is 22.7 Å². The highest BCUT2D eigenvalue weighted by atomic mass is 32.2. The van der Waals surface area contributed by atoms with Gasteiger partial charge in [-0.3, -0.25) is 0 Å². The molecular formula is C48H64O10S2. The van der Waals surface area contributed by atoms with Crippen LogP contribution < -0.4 is 18.9 Å². The van der Waals surface area contributed by atoms with Crippen LogP contribution in [0.1, 0.15) is 113 Å². The van der Waals surface area contributed by atoms with Crippen LogP contribution in [0.25, 0.3) is 0 Å². The Morgan fingerprint density at radius 2 is 0.883 bits per heavy atom. The Morgan fingerprint density at radius 3 is 1.20 bits per heavy atom. The average molecular weight is 865 g/mol. The summed E-state index contributed by atoms with van der Waals surface area (Å²) < 4.78 is 75.6. The molecule has 0 fully saturated rings. The third kappa shape index (κ3) is 9.52. The topological polar surface area (TPSA) is 146 Å². The summed E-state index contributed by atoms with van der Waals surface area (Å²) in [6.07, 6.45) is 4.39. The third-order valence-electron chi connectivity index (χ3n) is 13.0. The summed E-state index contributed by atoms with van der Waals surface area (Å²) in [4.78, 5) is 0.559. The van der Waals surface area contributed by atoms with Crippen LogP contribution >= 0.6 is 0 Å². The van der Waals surface area contributed by atoms with E-state index in [4.69, 9.17) is 18.9 Å². The predicted octanol–water partition coefficient (Wildman–Crippen LogP) is 9.14. The van der Waals surface area contributed by atoms with E-state index in [-0.39, 0.29) is 21.3 Å². The molecule has 10 nitrogen and oxygen atoms in total. The molecule has 4 aromatic carbocycles. The molecule has 12 heteroatoms. The summed E-state index contributed by atoms with van der Waals surface area (Å²) in [5.74, 6) is 1.37. The zero-order valence-corrected chi connectivity index (χ0v) is 38.1. The Morgan fingerprint density at radius 1 is 0.533 bits per heavy atom. The van der Waals surface area contributed by atoms with Gasteiger partial charge in [-0.1, -0.05) is 77.6 Å². The Hall–Kier alpha value is -4.10. The number of fused-ring (bicyclic) bond motifs is 2. The van der Waals surface area contributed by atoms with E-state index in [1.807, 2.05) is 62.4 Å². The van der Waals surface area contributed by atoms with Gasteiger partial charge in [0.25, 0.3) is 0 Å². The van der Waals surface area contributed by atoms with E-state index < -0.39 is 54.5 Å². The second-order valence-electron chi connectivity index (χ2n) is 16.4. The molecule has 0 saturated heterocycles. The normalized spacial score (nSPS) is 25.2. The summed E-state index contributed by atoms with van der Waals surface area (Å²) in [7, 11) is -0.868. The van der Waals surface area contributed by atoms with Gasteiger partial charge in [0.15, 0.2) is 19.7 Å². The smallest absolute Gasteiger partial charge is 0.179 e. The number of rotatable bonds is 14. The molecule has 6 rings (SSSR count). The molecule has 6 atom stereocenters. The summed E-state index contributed by atoms with van der Waals surface area (Å²) in [5, 5.41) is 23.6. The maximum atomic E-state index is 13.5. The minimum Gasteiger partial charge on any atom is -0.497 e. The molecule has 2 aliphatic rings. The fraction of sp³-hybridized carbons (Fsp3) is 0.500. The molecule has 0 amide bonds. The van der Waals surface area contributed by atoms with Gasteiger partial charge in [-0.15, -0.1) is 0 Å². The number of aliphatic hydroxyl groups is 2. The zero-order chi connectivity index (χ0) is 43.9. The average Bonchev–Trinajstić information content (AvgIpc) is 3.38. The SMILES string of the molecule is CCCC[C@]1(CC)CS(=O)(=O)c2ccc(OC)cc2[C@@H](c2cccc(OC)c2)[C@H]1O.CCCC[C@]1(CC)CS(=O)(=O)c2ccc(OC)cc2[C@H](c2cccc(OC)c2)[C@@H]1O. The first-order valence-corrected chi connectivity index (χ1v) is 24.4. The Balaban J connectivity index is 0.000000228. The van der Waals surface area contributed by atoms with Crippen LogP contribution in [-0.4, -0.2) is 79.2 Å². The van der Waals surface area contributed by atoms with Gasteiger partial charge < -0.3 is 29.2 Å². The maximum Gasteiger partial charge on any atom is 0.179 e. The van der Waals surface area contributed by atoms with Crippen LogP contribution in [0.15, 0.2) is 94.7 Å². The lowest BCUT2D eigenvalue weighted by molar-refractivity contribution is 0.0173. The van der Waals surface area contributed by atoms with Gasteiger partial charge in [-0.25, -0.2) is 16.8 Å². The summed E-state index contributed by atoms with van der Waals surface area (Å²) in [6, 6.07) is 25.2. The third-order valence-corrected chi connectivity index (χ3v) is 17.0. The minimum atomic E-state index is -3.59. The second kappa shape index (κ2) is 19.7. The largest absolute Gasteiger partial charge is 0.497 e. The van der Waals surface area contributed by atoms with Gasteiger partial charge in [0.05, 0.1) is 61.9 Å². The molecule has 0 radical (unpaired) electrons. The van der Waals surface area contributed by atoms with Crippen molar-refractivity contribution in [2.45, 2.75) is 113 Å². The van der Waals surface area contributed by atoms with Gasteiger partial charge in [-0.2, -0.15) is 0 Å². The lowest BCUT2D eigenvalue weighted by atomic mass is 9.69. The molecule has 328 valence electrons. The second-order valence-corrected chi connectivity index (χ2v) is 20.3. The first-order chi connectivity index (χ1) is 28.6. The molecule has 2 aliphatic heterocycles. The van der Waals surface area contributed by atoms with Crippen LogP contribution in [0.5, 0.6) is 23.0 Å². The first-order valence-electron chi connectivity index (χ1n) is 21.1. The monoisotopic (exact) mass is 864 g/mol.